The van der Waals surface area contributed by atoms with Crippen molar-refractivity contribution in [1.82, 2.24) is 14.8 Å². The Morgan fingerprint density at radius 3 is 2.61 bits per heavy atom. The fraction of sp³-hybridized carbons (Fsp3) is 0.250. The molecule has 4 nitrogen and oxygen atoms in total. The number of halogens is 2. The van der Waals surface area contributed by atoms with Gasteiger partial charge in [0, 0.05) is 10.9 Å². The number of aromatic nitrogens is 3. The molecular formula is C12H13BrClN3O. The third-order valence-corrected chi connectivity index (χ3v) is 2.94. The van der Waals surface area contributed by atoms with Gasteiger partial charge in [-0.05, 0) is 24.1 Å². The molecule has 0 atom stereocenters. The summed E-state index contributed by atoms with van der Waals surface area (Å²) in [7, 11) is 0. The first-order valence-corrected chi connectivity index (χ1v) is 6.12. The molecule has 1 aromatic carbocycles. The Hall–Kier alpha value is -1.20. The molecule has 0 spiro atoms. The van der Waals surface area contributed by atoms with Crippen molar-refractivity contribution in [1.29, 1.82) is 0 Å². The fourth-order valence-electron chi connectivity index (χ4n) is 1.51. The average molecular weight is 331 g/mol. The second-order valence-electron chi connectivity index (χ2n) is 3.76. The molecule has 2 rings (SSSR count). The lowest BCUT2D eigenvalue weighted by molar-refractivity contribution is -0.119. The second kappa shape index (κ2) is 7.28. The first-order valence-electron chi connectivity index (χ1n) is 5.32. The SMILES string of the molecule is Cl.O=C(CCc1ccc(Br)cc1)Cn1cncn1. The largest absolute Gasteiger partial charge is 0.298 e. The Kier molecular flexibility index (Phi) is 6.01. The number of benzene rings is 1. The minimum Gasteiger partial charge on any atom is -0.298 e. The topological polar surface area (TPSA) is 47.8 Å². The highest BCUT2D eigenvalue weighted by Crippen LogP contribution is 2.11. The van der Waals surface area contributed by atoms with Crippen LogP contribution in [0.3, 0.4) is 0 Å². The van der Waals surface area contributed by atoms with Crippen LogP contribution in [0.15, 0.2) is 41.4 Å². The maximum absolute atomic E-state index is 11.7. The summed E-state index contributed by atoms with van der Waals surface area (Å²) < 4.78 is 2.60. The quantitative estimate of drug-likeness (QED) is 0.847. The fourth-order valence-corrected chi connectivity index (χ4v) is 1.77. The molecule has 1 heterocycles. The van der Waals surface area contributed by atoms with Gasteiger partial charge in [-0.2, -0.15) is 5.10 Å². The van der Waals surface area contributed by atoms with Gasteiger partial charge in [0.2, 0.25) is 0 Å². The van der Waals surface area contributed by atoms with Crippen molar-refractivity contribution in [3.05, 3.63) is 47.0 Å². The van der Waals surface area contributed by atoms with Crippen molar-refractivity contribution >= 4 is 34.1 Å². The Labute approximate surface area is 120 Å². The normalized spacial score (nSPS) is 9.83. The second-order valence-corrected chi connectivity index (χ2v) is 4.67. The zero-order valence-corrected chi connectivity index (χ0v) is 12.0. The molecule has 0 aliphatic carbocycles. The lowest BCUT2D eigenvalue weighted by Crippen LogP contribution is -2.11. The lowest BCUT2D eigenvalue weighted by atomic mass is 10.1. The van der Waals surface area contributed by atoms with Crippen LogP contribution in [-0.2, 0) is 17.8 Å². The highest BCUT2D eigenvalue weighted by molar-refractivity contribution is 9.10. The summed E-state index contributed by atoms with van der Waals surface area (Å²) in [5, 5.41) is 3.90. The summed E-state index contributed by atoms with van der Waals surface area (Å²) in [6.45, 7) is 0.302. The van der Waals surface area contributed by atoms with Crippen molar-refractivity contribution in [3.8, 4) is 0 Å². The van der Waals surface area contributed by atoms with Gasteiger partial charge >= 0.3 is 0 Å². The molecule has 0 N–H and O–H groups in total. The smallest absolute Gasteiger partial charge is 0.154 e. The minimum absolute atomic E-state index is 0. The van der Waals surface area contributed by atoms with Gasteiger partial charge in [0.05, 0.1) is 0 Å². The van der Waals surface area contributed by atoms with E-state index in [1.807, 2.05) is 24.3 Å². The van der Waals surface area contributed by atoms with Gasteiger partial charge < -0.3 is 0 Å². The molecule has 0 bridgehead atoms. The summed E-state index contributed by atoms with van der Waals surface area (Å²) in [6, 6.07) is 8.01. The number of Topliss-reactive ketones (excluding diaryl/α,β-unsaturated/α-hetero) is 1. The van der Waals surface area contributed by atoms with E-state index in [-0.39, 0.29) is 18.2 Å². The highest BCUT2D eigenvalue weighted by Gasteiger charge is 2.04. The predicted molar refractivity (Wildman–Crippen MR) is 74.7 cm³/mol. The third-order valence-electron chi connectivity index (χ3n) is 2.41. The number of carbonyl (C=O) groups is 1. The molecule has 0 saturated carbocycles. The average Bonchev–Trinajstić information content (AvgIpc) is 2.81. The molecule has 0 aliphatic rings. The van der Waals surface area contributed by atoms with Crippen molar-refractivity contribution in [2.24, 2.45) is 0 Å². The zero-order chi connectivity index (χ0) is 12.1. The van der Waals surface area contributed by atoms with Gasteiger partial charge in [0.25, 0.3) is 0 Å². The molecule has 6 heteroatoms. The lowest BCUT2D eigenvalue weighted by Gasteiger charge is -2.02. The van der Waals surface area contributed by atoms with Crippen molar-refractivity contribution < 1.29 is 4.79 Å². The molecule has 96 valence electrons. The molecule has 18 heavy (non-hydrogen) atoms. The Bertz CT molecular complexity index is 485. The van der Waals surface area contributed by atoms with E-state index in [1.54, 1.807) is 11.0 Å². The van der Waals surface area contributed by atoms with Gasteiger partial charge in [-0.15, -0.1) is 12.4 Å². The Balaban J connectivity index is 0.00000162. The van der Waals surface area contributed by atoms with Crippen LogP contribution in [0, 0.1) is 0 Å². The number of rotatable bonds is 5. The molecule has 2 aromatic rings. The number of carbonyl (C=O) groups excluding carboxylic acids is 1. The molecule has 0 amide bonds. The summed E-state index contributed by atoms with van der Waals surface area (Å²) >= 11 is 3.38. The predicted octanol–water partition coefficient (Wildman–Crippen LogP) is 2.66. The van der Waals surface area contributed by atoms with Crippen LogP contribution in [0.25, 0.3) is 0 Å². The van der Waals surface area contributed by atoms with Crippen LogP contribution in [0.1, 0.15) is 12.0 Å². The van der Waals surface area contributed by atoms with E-state index >= 15 is 0 Å². The van der Waals surface area contributed by atoms with Crippen molar-refractivity contribution in [2.75, 3.05) is 0 Å². The van der Waals surface area contributed by atoms with E-state index in [0.717, 1.165) is 10.9 Å². The molecule has 0 fully saturated rings. The molecule has 0 radical (unpaired) electrons. The van der Waals surface area contributed by atoms with E-state index in [0.29, 0.717) is 13.0 Å². The number of aryl methyl sites for hydroxylation is 1. The summed E-state index contributed by atoms with van der Waals surface area (Å²) in [4.78, 5) is 15.5. The third kappa shape index (κ3) is 4.58. The first-order chi connectivity index (χ1) is 8.24. The maximum Gasteiger partial charge on any atom is 0.154 e. The standard InChI is InChI=1S/C12H12BrN3O.ClH/c13-11-4-1-10(2-5-11)3-6-12(17)7-16-9-14-8-15-16;/h1-2,4-5,8-9H,3,6-7H2;1H. The van der Waals surface area contributed by atoms with Gasteiger partial charge in [0.15, 0.2) is 5.78 Å². The van der Waals surface area contributed by atoms with E-state index in [1.165, 1.54) is 11.9 Å². The van der Waals surface area contributed by atoms with Crippen LogP contribution >= 0.6 is 28.3 Å². The van der Waals surface area contributed by atoms with E-state index in [2.05, 4.69) is 26.0 Å². The number of hydrogen-bond acceptors (Lipinski definition) is 3. The maximum atomic E-state index is 11.7. The van der Waals surface area contributed by atoms with Crippen LogP contribution in [-0.4, -0.2) is 20.5 Å². The van der Waals surface area contributed by atoms with Gasteiger partial charge in [0.1, 0.15) is 19.2 Å². The minimum atomic E-state index is 0. The van der Waals surface area contributed by atoms with Gasteiger partial charge in [-0.25, -0.2) is 9.67 Å². The first kappa shape index (κ1) is 14.9. The van der Waals surface area contributed by atoms with E-state index in [9.17, 15) is 4.79 Å². The van der Waals surface area contributed by atoms with Crippen molar-refractivity contribution in [2.45, 2.75) is 19.4 Å². The van der Waals surface area contributed by atoms with Crippen LogP contribution in [0.2, 0.25) is 0 Å². The number of hydrogen-bond donors (Lipinski definition) is 0. The Morgan fingerprint density at radius 2 is 2.00 bits per heavy atom. The molecule has 0 unspecified atom stereocenters. The summed E-state index contributed by atoms with van der Waals surface area (Å²) in [5.41, 5.74) is 1.17. The molecule has 0 aliphatic heterocycles. The highest BCUT2D eigenvalue weighted by atomic mass is 79.9. The summed E-state index contributed by atoms with van der Waals surface area (Å²) in [5.74, 6) is 0.165. The monoisotopic (exact) mass is 329 g/mol. The number of nitrogens with zero attached hydrogens (tertiary/aromatic N) is 3. The van der Waals surface area contributed by atoms with Crippen LogP contribution < -0.4 is 0 Å². The molecular weight excluding hydrogens is 318 g/mol. The zero-order valence-electron chi connectivity index (χ0n) is 9.62. The van der Waals surface area contributed by atoms with Crippen LogP contribution in [0.5, 0.6) is 0 Å². The van der Waals surface area contributed by atoms with E-state index in [4.69, 9.17) is 0 Å². The van der Waals surface area contributed by atoms with Gasteiger partial charge in [-0.1, -0.05) is 28.1 Å². The number of ketones is 1. The molecule has 1 aromatic heterocycles. The summed E-state index contributed by atoms with van der Waals surface area (Å²) in [6.07, 6.45) is 4.28. The molecule has 0 saturated heterocycles. The van der Waals surface area contributed by atoms with Crippen LogP contribution in [0.4, 0.5) is 0 Å². The van der Waals surface area contributed by atoms with E-state index < -0.39 is 0 Å². The Morgan fingerprint density at radius 1 is 1.28 bits per heavy atom. The van der Waals surface area contributed by atoms with Crippen molar-refractivity contribution in [3.63, 3.8) is 0 Å². The van der Waals surface area contributed by atoms with Gasteiger partial charge in [-0.3, -0.25) is 4.79 Å².